The summed E-state index contributed by atoms with van der Waals surface area (Å²) in [7, 11) is 0. The molecule has 0 amide bonds. The maximum atomic E-state index is 4.14. The third-order valence-corrected chi connectivity index (χ3v) is 3.78. The third-order valence-electron chi connectivity index (χ3n) is 2.77. The second-order valence-electron chi connectivity index (χ2n) is 4.11. The van der Waals surface area contributed by atoms with E-state index in [0.717, 1.165) is 26.9 Å². The molecule has 4 nitrogen and oxygen atoms in total. The van der Waals surface area contributed by atoms with Gasteiger partial charge in [-0.05, 0) is 46.3 Å². The first-order valence-electron chi connectivity index (χ1n) is 5.91. The number of aromatic nitrogens is 4. The summed E-state index contributed by atoms with van der Waals surface area (Å²) < 4.78 is 2.84. The highest BCUT2D eigenvalue weighted by Crippen LogP contribution is 2.20. The predicted octanol–water partition coefficient (Wildman–Crippen LogP) is 4.47. The number of fused-ring (bicyclic) bond motifs is 2. The van der Waals surface area contributed by atoms with Gasteiger partial charge in [0.05, 0.1) is 16.1 Å². The summed E-state index contributed by atoms with van der Waals surface area (Å²) in [4.78, 5) is 11.3. The fraction of sp³-hybridized carbons (Fsp3) is 0. The fourth-order valence-electron chi connectivity index (χ4n) is 1.85. The van der Waals surface area contributed by atoms with Gasteiger partial charge in [0, 0.05) is 40.2 Å². The summed E-state index contributed by atoms with van der Waals surface area (Å²) in [5.74, 6) is 0.961. The van der Waals surface area contributed by atoms with Crippen LogP contribution in [0.3, 0.4) is 0 Å². The summed E-state index contributed by atoms with van der Waals surface area (Å²) in [5, 5.41) is 1.13. The highest BCUT2D eigenvalue weighted by Gasteiger charge is 2.03. The van der Waals surface area contributed by atoms with Crippen molar-refractivity contribution in [3.8, 4) is 11.4 Å². The van der Waals surface area contributed by atoms with Crippen molar-refractivity contribution in [3.05, 3.63) is 59.6 Å². The fourth-order valence-corrected chi connectivity index (χ4v) is 2.63. The number of H-pyrrole nitrogens is 1. The van der Waals surface area contributed by atoms with Gasteiger partial charge in [-0.15, -0.1) is 0 Å². The summed E-state index contributed by atoms with van der Waals surface area (Å²) in [6.07, 6.45) is 7.36. The molecule has 4 heterocycles. The van der Waals surface area contributed by atoms with Crippen LogP contribution in [0.25, 0.3) is 22.4 Å². The van der Waals surface area contributed by atoms with Gasteiger partial charge in [-0.1, -0.05) is 0 Å². The average molecular weight is 394 g/mol. The average Bonchev–Trinajstić information content (AvgIpc) is 3.07. The topological polar surface area (TPSA) is 46.5 Å². The lowest BCUT2D eigenvalue weighted by atomic mass is 10.3. The van der Waals surface area contributed by atoms with Crippen molar-refractivity contribution in [2.24, 2.45) is 0 Å². The zero-order chi connectivity index (χ0) is 13.9. The predicted molar refractivity (Wildman–Crippen MR) is 87.0 cm³/mol. The van der Waals surface area contributed by atoms with Crippen LogP contribution < -0.4 is 0 Å². The van der Waals surface area contributed by atoms with E-state index in [0.29, 0.717) is 0 Å². The lowest BCUT2D eigenvalue weighted by Crippen LogP contribution is -1.87. The minimum Gasteiger partial charge on any atom is -0.346 e. The van der Waals surface area contributed by atoms with E-state index in [1.165, 1.54) is 0 Å². The number of halogens is 2. The Balaban J connectivity index is 0.000000121. The number of rotatable bonds is 0. The molecule has 2 aromatic rings. The van der Waals surface area contributed by atoms with Crippen LogP contribution in [0.1, 0.15) is 0 Å². The molecule has 0 atom stereocenters. The normalized spacial score (nSPS) is 10.5. The molecular weight excluding hydrogens is 384 g/mol. The quantitative estimate of drug-likeness (QED) is 0.479. The number of nitrogens with zero attached hydrogens (tertiary/aromatic N) is 3. The third kappa shape index (κ3) is 2.76. The highest BCUT2D eigenvalue weighted by molar-refractivity contribution is 9.10. The number of pyridine rings is 2. The lowest BCUT2D eigenvalue weighted by Gasteiger charge is -2.00. The summed E-state index contributed by atoms with van der Waals surface area (Å²) >= 11 is 6.67. The van der Waals surface area contributed by atoms with Gasteiger partial charge in [0.25, 0.3) is 0 Å². The minimum atomic E-state index is 0.934. The zero-order valence-electron chi connectivity index (χ0n) is 10.3. The first-order valence-corrected chi connectivity index (χ1v) is 7.41. The van der Waals surface area contributed by atoms with Crippen molar-refractivity contribution in [3.63, 3.8) is 0 Å². The summed E-state index contributed by atoms with van der Waals surface area (Å²) in [5.41, 5.74) is 2.09. The van der Waals surface area contributed by atoms with Crippen LogP contribution in [-0.2, 0) is 0 Å². The van der Waals surface area contributed by atoms with E-state index in [2.05, 4.69) is 47.0 Å². The van der Waals surface area contributed by atoms with Gasteiger partial charge in [-0.2, -0.15) is 0 Å². The lowest BCUT2D eigenvalue weighted by molar-refractivity contribution is 1.18. The van der Waals surface area contributed by atoms with E-state index in [4.69, 9.17) is 0 Å². The Hall–Kier alpha value is -1.66. The van der Waals surface area contributed by atoms with Crippen molar-refractivity contribution < 1.29 is 0 Å². The van der Waals surface area contributed by atoms with E-state index in [9.17, 15) is 0 Å². The Morgan fingerprint density at radius 3 is 2.90 bits per heavy atom. The van der Waals surface area contributed by atoms with Crippen LogP contribution in [0.15, 0.2) is 59.6 Å². The number of aromatic amines is 1. The summed E-state index contributed by atoms with van der Waals surface area (Å²) in [6.45, 7) is 0. The Morgan fingerprint density at radius 2 is 2.05 bits per heavy atom. The van der Waals surface area contributed by atoms with Gasteiger partial charge in [0.1, 0.15) is 11.5 Å². The number of hydrogen-bond donors (Lipinski definition) is 1. The van der Waals surface area contributed by atoms with Gasteiger partial charge < -0.3 is 4.98 Å². The Morgan fingerprint density at radius 1 is 1.15 bits per heavy atom. The minimum absolute atomic E-state index is 0.934. The van der Waals surface area contributed by atoms with Gasteiger partial charge >= 0.3 is 0 Å². The Bertz CT molecular complexity index is 806. The summed E-state index contributed by atoms with van der Waals surface area (Å²) in [6, 6.07) is 10.00. The molecule has 0 unspecified atom stereocenters. The standard InChI is InChI=1S/2C7H5BrN2/c8-6-3-5-1-2-9-7(5)10-4-6;8-10-5-1-2-6-3-4-9-7(6)10/h1-4H,(H,9,10);1-5H. The molecule has 2 aliphatic rings. The monoisotopic (exact) mass is 392 g/mol. The largest absolute Gasteiger partial charge is 0.346 e. The maximum absolute atomic E-state index is 4.14. The molecule has 0 aliphatic carbocycles. The second-order valence-corrected chi connectivity index (χ2v) is 5.79. The van der Waals surface area contributed by atoms with Crippen LogP contribution in [0.5, 0.6) is 0 Å². The second kappa shape index (κ2) is 5.76. The van der Waals surface area contributed by atoms with Gasteiger partial charge in [0.2, 0.25) is 0 Å². The first-order chi connectivity index (χ1) is 9.74. The SMILES string of the molecule is Brc1cnc2[nH]ccc2c1.Brn1cccc2ccnc1-2. The van der Waals surface area contributed by atoms with Crippen molar-refractivity contribution in [1.29, 1.82) is 0 Å². The van der Waals surface area contributed by atoms with E-state index in [1.807, 2.05) is 46.3 Å². The Labute approximate surface area is 132 Å². The molecule has 0 spiro atoms. The molecule has 0 aromatic carbocycles. The molecule has 0 fully saturated rings. The molecule has 20 heavy (non-hydrogen) atoms. The van der Waals surface area contributed by atoms with Crippen LogP contribution in [0, 0.1) is 0 Å². The molecule has 1 N–H and O–H groups in total. The van der Waals surface area contributed by atoms with Crippen LogP contribution >= 0.6 is 32.1 Å². The van der Waals surface area contributed by atoms with Gasteiger partial charge in [-0.3, -0.25) is 3.59 Å². The molecule has 0 saturated heterocycles. The molecule has 0 bridgehead atoms. The molecule has 0 radical (unpaired) electrons. The van der Waals surface area contributed by atoms with Crippen molar-refractivity contribution in [2.75, 3.05) is 0 Å². The first kappa shape index (κ1) is 13.3. The van der Waals surface area contributed by atoms with Crippen LogP contribution in [-0.4, -0.2) is 18.5 Å². The maximum Gasteiger partial charge on any atom is 0.149 e. The molecule has 6 heteroatoms. The van der Waals surface area contributed by atoms with Gasteiger partial charge in [-0.25, -0.2) is 9.97 Å². The van der Waals surface area contributed by atoms with Crippen molar-refractivity contribution in [2.45, 2.75) is 0 Å². The van der Waals surface area contributed by atoms with Crippen LogP contribution in [0.2, 0.25) is 0 Å². The molecule has 2 aliphatic heterocycles. The zero-order valence-corrected chi connectivity index (χ0v) is 13.5. The van der Waals surface area contributed by atoms with Crippen LogP contribution in [0.4, 0.5) is 0 Å². The smallest absolute Gasteiger partial charge is 0.149 e. The van der Waals surface area contributed by atoms with Crippen molar-refractivity contribution >= 4 is 43.1 Å². The van der Waals surface area contributed by atoms with E-state index in [-0.39, 0.29) is 0 Å². The molecule has 2 aromatic heterocycles. The molecular formula is C14H10Br2N4. The number of hydrogen-bond acceptors (Lipinski definition) is 2. The number of nitrogens with one attached hydrogen (secondary N) is 1. The van der Waals surface area contributed by atoms with E-state index < -0.39 is 0 Å². The highest BCUT2D eigenvalue weighted by atomic mass is 79.9. The molecule has 100 valence electrons. The van der Waals surface area contributed by atoms with E-state index in [1.54, 1.807) is 12.4 Å². The molecule has 0 saturated carbocycles. The van der Waals surface area contributed by atoms with Gasteiger partial charge in [0.15, 0.2) is 0 Å². The Kier molecular flexibility index (Phi) is 3.84. The van der Waals surface area contributed by atoms with E-state index >= 15 is 0 Å². The molecule has 4 rings (SSSR count). The van der Waals surface area contributed by atoms with Crippen molar-refractivity contribution in [1.82, 2.24) is 18.5 Å².